The molecular weight excluding hydrogens is 426 g/mol. The van der Waals surface area contributed by atoms with Gasteiger partial charge in [0.2, 0.25) is 11.8 Å². The van der Waals surface area contributed by atoms with E-state index in [1.54, 1.807) is 11.0 Å². The highest BCUT2D eigenvalue weighted by molar-refractivity contribution is 6.06. The van der Waals surface area contributed by atoms with Crippen LogP contribution in [0.25, 0.3) is 6.08 Å². The molecule has 0 spiro atoms. The number of para-hydroxylation sites is 1. The van der Waals surface area contributed by atoms with Crippen LogP contribution in [0.2, 0.25) is 0 Å². The number of hydrogen-bond acceptors (Lipinski definition) is 4. The van der Waals surface area contributed by atoms with Crippen molar-refractivity contribution in [1.82, 2.24) is 4.90 Å². The van der Waals surface area contributed by atoms with Crippen LogP contribution in [0.15, 0.2) is 41.0 Å². The molecule has 2 saturated heterocycles. The number of ether oxygens (including phenoxy) is 1. The molecule has 1 N–H and O–H groups in total. The van der Waals surface area contributed by atoms with Crippen LogP contribution in [0, 0.1) is 17.8 Å². The van der Waals surface area contributed by atoms with Crippen LogP contribution < -0.4 is 0 Å². The number of nitrogens with zero attached hydrogens (tertiary/aromatic N) is 1. The Bertz CT molecular complexity index is 1020. The van der Waals surface area contributed by atoms with E-state index in [0.717, 1.165) is 50.5 Å². The van der Waals surface area contributed by atoms with E-state index in [1.165, 1.54) is 23.1 Å². The first-order valence-electron chi connectivity index (χ1n) is 13.1. The Labute approximate surface area is 202 Å². The molecule has 2 aliphatic carbocycles. The zero-order valence-electron chi connectivity index (χ0n) is 20.5. The monoisotopic (exact) mass is 463 g/mol. The number of aromatic hydroxyl groups is 1. The second kappa shape index (κ2) is 9.69. The maximum atomic E-state index is 13.6. The molecule has 4 aliphatic rings. The van der Waals surface area contributed by atoms with Gasteiger partial charge >= 0.3 is 0 Å². The van der Waals surface area contributed by atoms with E-state index in [2.05, 4.69) is 13.8 Å². The summed E-state index contributed by atoms with van der Waals surface area (Å²) in [7, 11) is 0. The lowest BCUT2D eigenvalue weighted by molar-refractivity contribution is -0.143. The van der Waals surface area contributed by atoms with Crippen molar-refractivity contribution in [2.75, 3.05) is 6.61 Å². The summed E-state index contributed by atoms with van der Waals surface area (Å²) in [6, 6.07) is 7.48. The van der Waals surface area contributed by atoms with Gasteiger partial charge in [0.1, 0.15) is 5.75 Å². The molecule has 0 unspecified atom stereocenters. The first kappa shape index (κ1) is 23.3. The summed E-state index contributed by atoms with van der Waals surface area (Å²) in [4.78, 5) is 28.7. The highest BCUT2D eigenvalue weighted by Gasteiger charge is 2.57. The lowest BCUT2D eigenvalue weighted by atomic mass is 9.69. The maximum absolute atomic E-state index is 13.6. The minimum atomic E-state index is -0.234. The summed E-state index contributed by atoms with van der Waals surface area (Å²) in [5.41, 5.74) is 4.67. The Kier molecular flexibility index (Phi) is 6.65. The number of likely N-dealkylation sites (tertiary alicyclic amines) is 1. The standard InChI is InChI=1S/C29H37NO4/c1-3-19-16-22-27(29(33)30(28(22)32)21-10-5-4-6-11-21)23-17-34-25(26(19)23)14-13-18(2)15-20-9-7-8-12-24(20)31/h7-9,12,15,21-23,25,27,31H,3-6,10-11,13-14,16-17H2,1-2H3/b18-15+/t22-,23+,25-,27-/m1/s1. The third-order valence-electron chi connectivity index (χ3n) is 8.55. The van der Waals surface area contributed by atoms with E-state index >= 15 is 0 Å². The molecule has 5 nitrogen and oxygen atoms in total. The summed E-state index contributed by atoms with van der Waals surface area (Å²) in [5, 5.41) is 10.1. The van der Waals surface area contributed by atoms with E-state index in [4.69, 9.17) is 4.74 Å². The van der Waals surface area contributed by atoms with Crippen LogP contribution in [0.5, 0.6) is 5.75 Å². The van der Waals surface area contributed by atoms with Crippen molar-refractivity contribution in [3.05, 3.63) is 46.5 Å². The van der Waals surface area contributed by atoms with Crippen LogP contribution in [0.3, 0.4) is 0 Å². The number of phenolic OH excluding ortho intramolecular Hbond substituents is 1. The van der Waals surface area contributed by atoms with Gasteiger partial charge in [0.25, 0.3) is 0 Å². The van der Waals surface area contributed by atoms with Crippen LogP contribution in [0.1, 0.15) is 77.2 Å². The molecule has 1 aromatic carbocycles. The van der Waals surface area contributed by atoms with E-state index in [9.17, 15) is 14.7 Å². The summed E-state index contributed by atoms with van der Waals surface area (Å²) in [6.45, 7) is 4.80. The molecule has 2 amide bonds. The minimum Gasteiger partial charge on any atom is -0.507 e. The van der Waals surface area contributed by atoms with Gasteiger partial charge in [0.05, 0.1) is 24.5 Å². The Morgan fingerprint density at radius 2 is 1.88 bits per heavy atom. The number of imide groups is 1. The van der Waals surface area contributed by atoms with Gasteiger partial charge in [-0.25, -0.2) is 0 Å². The SMILES string of the molecule is CCC1=C2[C@@H](CC/C(C)=C/c3ccccc3O)OC[C@@H]2[C@@H]2C(=O)N(C3CCCCC3)C(=O)[C@@H]2C1. The Morgan fingerprint density at radius 3 is 2.62 bits per heavy atom. The van der Waals surface area contributed by atoms with Crippen LogP contribution in [-0.2, 0) is 14.3 Å². The molecule has 5 rings (SSSR count). The molecule has 0 bridgehead atoms. The maximum Gasteiger partial charge on any atom is 0.234 e. The zero-order valence-corrected chi connectivity index (χ0v) is 20.5. The molecule has 3 fully saturated rings. The van der Waals surface area contributed by atoms with Gasteiger partial charge in [0, 0.05) is 17.5 Å². The van der Waals surface area contributed by atoms with Gasteiger partial charge in [0.15, 0.2) is 0 Å². The van der Waals surface area contributed by atoms with Gasteiger partial charge in [-0.1, -0.05) is 61.6 Å². The second-order valence-electron chi connectivity index (χ2n) is 10.6. The smallest absolute Gasteiger partial charge is 0.234 e. The Balaban J connectivity index is 1.33. The van der Waals surface area contributed by atoms with E-state index in [0.29, 0.717) is 18.8 Å². The number of fused-ring (bicyclic) bond motifs is 3. The van der Waals surface area contributed by atoms with Crippen molar-refractivity contribution < 1.29 is 19.4 Å². The van der Waals surface area contributed by atoms with Crippen LogP contribution >= 0.6 is 0 Å². The minimum absolute atomic E-state index is 0.0141. The second-order valence-corrected chi connectivity index (χ2v) is 10.6. The molecule has 0 aromatic heterocycles. The number of allylic oxidation sites excluding steroid dienone is 2. The number of hydrogen-bond donors (Lipinski definition) is 1. The average Bonchev–Trinajstić information content (AvgIpc) is 3.38. The van der Waals surface area contributed by atoms with Gasteiger partial charge in [-0.3, -0.25) is 14.5 Å². The van der Waals surface area contributed by atoms with Crippen molar-refractivity contribution in [2.24, 2.45) is 17.8 Å². The molecule has 182 valence electrons. The Hall–Kier alpha value is -2.40. The quantitative estimate of drug-likeness (QED) is 0.438. The Morgan fingerprint density at radius 1 is 1.12 bits per heavy atom. The zero-order chi connectivity index (χ0) is 23.8. The van der Waals surface area contributed by atoms with E-state index in [1.807, 2.05) is 24.3 Å². The van der Waals surface area contributed by atoms with Gasteiger partial charge in [-0.2, -0.15) is 0 Å². The van der Waals surface area contributed by atoms with Crippen molar-refractivity contribution in [1.29, 1.82) is 0 Å². The molecule has 2 heterocycles. The molecule has 4 atom stereocenters. The molecule has 1 aromatic rings. The first-order chi connectivity index (χ1) is 16.5. The lowest BCUT2D eigenvalue weighted by Gasteiger charge is -2.31. The number of rotatable bonds is 6. The van der Waals surface area contributed by atoms with E-state index in [-0.39, 0.29) is 41.7 Å². The van der Waals surface area contributed by atoms with Crippen molar-refractivity contribution in [2.45, 2.75) is 83.8 Å². The first-order valence-corrected chi connectivity index (χ1v) is 13.1. The predicted octanol–water partition coefficient (Wildman–Crippen LogP) is 5.63. The largest absolute Gasteiger partial charge is 0.507 e. The normalized spacial score (nSPS) is 30.2. The number of amides is 2. The highest BCUT2D eigenvalue weighted by Crippen LogP contribution is 2.51. The number of benzene rings is 1. The average molecular weight is 464 g/mol. The molecular formula is C29H37NO4. The summed E-state index contributed by atoms with van der Waals surface area (Å²) in [6.07, 6.45) is 10.8. The van der Waals surface area contributed by atoms with Crippen LogP contribution in [0.4, 0.5) is 0 Å². The molecule has 0 radical (unpaired) electrons. The van der Waals surface area contributed by atoms with Gasteiger partial charge in [-0.15, -0.1) is 0 Å². The van der Waals surface area contributed by atoms with Crippen molar-refractivity contribution in [3.8, 4) is 5.75 Å². The lowest BCUT2D eigenvalue weighted by Crippen LogP contribution is -2.42. The number of phenols is 1. The molecule has 5 heteroatoms. The third-order valence-corrected chi connectivity index (χ3v) is 8.55. The number of carbonyl (C=O) groups is 2. The third kappa shape index (κ3) is 4.13. The topological polar surface area (TPSA) is 66.8 Å². The van der Waals surface area contributed by atoms with Crippen molar-refractivity contribution >= 4 is 17.9 Å². The molecule has 1 saturated carbocycles. The van der Waals surface area contributed by atoms with Crippen molar-refractivity contribution in [3.63, 3.8) is 0 Å². The van der Waals surface area contributed by atoms with Gasteiger partial charge < -0.3 is 9.84 Å². The fraction of sp³-hybridized carbons (Fsp3) is 0.586. The fourth-order valence-corrected chi connectivity index (χ4v) is 6.84. The number of carbonyl (C=O) groups excluding carboxylic acids is 2. The molecule has 34 heavy (non-hydrogen) atoms. The summed E-state index contributed by atoms with van der Waals surface area (Å²) in [5.74, 6) is 0.0634. The fourth-order valence-electron chi connectivity index (χ4n) is 6.84. The predicted molar refractivity (Wildman–Crippen MR) is 132 cm³/mol. The van der Waals surface area contributed by atoms with Gasteiger partial charge in [-0.05, 0) is 57.1 Å². The van der Waals surface area contributed by atoms with Crippen LogP contribution in [-0.4, -0.2) is 40.6 Å². The summed E-state index contributed by atoms with van der Waals surface area (Å²) < 4.78 is 6.31. The molecule has 2 aliphatic heterocycles. The van der Waals surface area contributed by atoms with E-state index < -0.39 is 0 Å². The summed E-state index contributed by atoms with van der Waals surface area (Å²) >= 11 is 0. The highest BCUT2D eigenvalue weighted by atomic mass is 16.5.